The molecule has 1 heterocycles. The molecule has 0 amide bonds. The van der Waals surface area contributed by atoms with Crippen molar-refractivity contribution in [1.82, 2.24) is 9.97 Å². The van der Waals surface area contributed by atoms with Gasteiger partial charge in [0.1, 0.15) is 0 Å². The van der Waals surface area contributed by atoms with E-state index in [1.54, 1.807) is 0 Å². The van der Waals surface area contributed by atoms with Gasteiger partial charge in [-0.3, -0.25) is 0 Å². The molecule has 7 aromatic rings. The summed E-state index contributed by atoms with van der Waals surface area (Å²) in [5, 5.41) is 0. The quantitative estimate of drug-likeness (QED) is 0.152. The predicted octanol–water partition coefficient (Wildman–Crippen LogP) is 14.7. The first-order valence-corrected chi connectivity index (χ1v) is 20.8. The second kappa shape index (κ2) is 15.0. The molecule has 3 aliphatic rings. The Kier molecular flexibility index (Phi) is 9.26. The summed E-state index contributed by atoms with van der Waals surface area (Å²) in [6, 6.07) is 55.2. The SMILES string of the molecule is CC1(C)c2ccccc2-c2c(-c3ccccc3C3=CCC=CC=C3c3cccc(-c4cc(-c5ccc(C6C=CCCC6)cc5)nc(-c5ccccc5)n4)c3)cccc21. The predicted molar refractivity (Wildman–Crippen MR) is 243 cm³/mol. The number of benzene rings is 6. The summed E-state index contributed by atoms with van der Waals surface area (Å²) >= 11 is 0. The summed E-state index contributed by atoms with van der Waals surface area (Å²) in [6.45, 7) is 4.71. The summed E-state index contributed by atoms with van der Waals surface area (Å²) in [6.07, 6.45) is 18.3. The maximum Gasteiger partial charge on any atom is 0.160 e. The summed E-state index contributed by atoms with van der Waals surface area (Å²) in [7, 11) is 0. The molecule has 0 radical (unpaired) electrons. The van der Waals surface area contributed by atoms with Crippen LogP contribution in [0.25, 0.3) is 67.3 Å². The van der Waals surface area contributed by atoms with Gasteiger partial charge in [-0.25, -0.2) is 9.97 Å². The molecule has 0 saturated carbocycles. The smallest absolute Gasteiger partial charge is 0.160 e. The Morgan fingerprint density at radius 3 is 2.02 bits per heavy atom. The third kappa shape index (κ3) is 6.49. The lowest BCUT2D eigenvalue weighted by atomic mass is 9.81. The molecule has 6 aromatic carbocycles. The van der Waals surface area contributed by atoms with Gasteiger partial charge >= 0.3 is 0 Å². The first-order valence-electron chi connectivity index (χ1n) is 20.8. The molecule has 0 aliphatic heterocycles. The summed E-state index contributed by atoms with van der Waals surface area (Å²) in [4.78, 5) is 10.4. The fraction of sp³-hybridized carbons (Fsp3) is 0.143. The van der Waals surface area contributed by atoms with E-state index in [0.717, 1.165) is 45.9 Å². The van der Waals surface area contributed by atoms with E-state index in [9.17, 15) is 0 Å². The molecule has 280 valence electrons. The number of fused-ring (bicyclic) bond motifs is 3. The number of aromatic nitrogens is 2. The molecule has 1 unspecified atom stereocenters. The largest absolute Gasteiger partial charge is 0.228 e. The fourth-order valence-electron chi connectivity index (χ4n) is 9.36. The van der Waals surface area contributed by atoms with Gasteiger partial charge in [0.05, 0.1) is 11.4 Å². The van der Waals surface area contributed by atoms with Gasteiger partial charge in [-0.2, -0.15) is 0 Å². The highest BCUT2D eigenvalue weighted by Crippen LogP contribution is 2.53. The molecule has 1 atom stereocenters. The molecular formula is C56H46N2. The highest BCUT2D eigenvalue weighted by molar-refractivity contribution is 6.10. The van der Waals surface area contributed by atoms with E-state index < -0.39 is 0 Å². The Bertz CT molecular complexity index is 2800. The lowest BCUT2D eigenvalue weighted by Crippen LogP contribution is -2.14. The molecule has 3 aliphatic carbocycles. The number of hydrogen-bond donors (Lipinski definition) is 0. The minimum atomic E-state index is -0.0644. The standard InChI is InChI=1S/C56H46N2/c1-56(2)50-30-15-14-28-49(50)54-48(29-17-31-51(54)56)47-27-13-12-26-46(47)45-25-11-5-10-24-44(45)42-22-16-23-43(36-42)53-37-52(57-55(58-53)41-20-8-4-9-21-41)40-34-32-39(33-35-40)38-18-6-3-7-19-38/h4-6,8-10,12-18,20-38H,3,7,11,19H2,1-2H3. The molecule has 58 heavy (non-hydrogen) atoms. The average molecular weight is 747 g/mol. The molecule has 10 rings (SSSR count). The van der Waals surface area contributed by atoms with Crippen LogP contribution in [0.4, 0.5) is 0 Å². The van der Waals surface area contributed by atoms with Crippen molar-refractivity contribution in [3.63, 3.8) is 0 Å². The lowest BCUT2D eigenvalue weighted by molar-refractivity contribution is 0.654. The van der Waals surface area contributed by atoms with Gasteiger partial charge in [0.25, 0.3) is 0 Å². The molecule has 1 aromatic heterocycles. The van der Waals surface area contributed by atoms with Crippen LogP contribution in [0.15, 0.2) is 188 Å². The van der Waals surface area contributed by atoms with Gasteiger partial charge in [0.15, 0.2) is 5.82 Å². The van der Waals surface area contributed by atoms with Crippen LogP contribution in [0.3, 0.4) is 0 Å². The van der Waals surface area contributed by atoms with Crippen molar-refractivity contribution in [2.75, 3.05) is 0 Å². The molecular weight excluding hydrogens is 701 g/mol. The fourth-order valence-corrected chi connectivity index (χ4v) is 9.36. The Hall–Kier alpha value is -6.64. The third-order valence-electron chi connectivity index (χ3n) is 12.4. The zero-order chi connectivity index (χ0) is 39.1. The molecule has 0 N–H and O–H groups in total. The van der Waals surface area contributed by atoms with Crippen molar-refractivity contribution in [2.45, 2.75) is 50.9 Å². The molecule has 2 nitrogen and oxygen atoms in total. The molecule has 0 saturated heterocycles. The Morgan fingerprint density at radius 1 is 0.534 bits per heavy atom. The zero-order valence-corrected chi connectivity index (χ0v) is 33.2. The van der Waals surface area contributed by atoms with Gasteiger partial charge in [0, 0.05) is 28.0 Å². The minimum Gasteiger partial charge on any atom is -0.228 e. The lowest BCUT2D eigenvalue weighted by Gasteiger charge is -2.22. The molecule has 0 bridgehead atoms. The Morgan fingerprint density at radius 2 is 1.21 bits per heavy atom. The normalized spacial score (nSPS) is 16.6. The molecule has 2 heteroatoms. The maximum absolute atomic E-state index is 5.22. The average Bonchev–Trinajstić information content (AvgIpc) is 3.41. The Labute approximate surface area is 342 Å². The van der Waals surface area contributed by atoms with Crippen LogP contribution in [-0.2, 0) is 5.41 Å². The van der Waals surface area contributed by atoms with E-state index in [-0.39, 0.29) is 5.41 Å². The van der Waals surface area contributed by atoms with E-state index in [2.05, 4.69) is 196 Å². The minimum absolute atomic E-state index is 0.0644. The topological polar surface area (TPSA) is 25.8 Å². The van der Waals surface area contributed by atoms with Crippen LogP contribution in [0, 0.1) is 0 Å². The van der Waals surface area contributed by atoms with E-state index in [1.165, 1.54) is 74.9 Å². The second-order valence-corrected chi connectivity index (χ2v) is 16.3. The van der Waals surface area contributed by atoms with Crippen LogP contribution in [0.2, 0.25) is 0 Å². The first kappa shape index (κ1) is 35.8. The maximum atomic E-state index is 5.22. The second-order valence-electron chi connectivity index (χ2n) is 16.3. The number of allylic oxidation sites excluding steroid dienone is 8. The number of hydrogen-bond acceptors (Lipinski definition) is 2. The highest BCUT2D eigenvalue weighted by atomic mass is 14.9. The van der Waals surface area contributed by atoms with Gasteiger partial charge in [0.2, 0.25) is 0 Å². The van der Waals surface area contributed by atoms with Gasteiger partial charge in [-0.1, -0.05) is 190 Å². The van der Waals surface area contributed by atoms with Crippen LogP contribution < -0.4 is 0 Å². The van der Waals surface area contributed by atoms with Crippen molar-refractivity contribution in [1.29, 1.82) is 0 Å². The summed E-state index contributed by atoms with van der Waals surface area (Å²) in [5.74, 6) is 1.21. The van der Waals surface area contributed by atoms with Crippen molar-refractivity contribution < 1.29 is 0 Å². The summed E-state index contributed by atoms with van der Waals surface area (Å²) < 4.78 is 0. The van der Waals surface area contributed by atoms with Crippen molar-refractivity contribution >= 4 is 11.1 Å². The van der Waals surface area contributed by atoms with Gasteiger partial charge in [-0.05, 0) is 99.0 Å². The van der Waals surface area contributed by atoms with Crippen LogP contribution in [0.1, 0.15) is 73.3 Å². The third-order valence-corrected chi connectivity index (χ3v) is 12.4. The van der Waals surface area contributed by atoms with Crippen molar-refractivity contribution in [3.05, 3.63) is 216 Å². The zero-order valence-electron chi connectivity index (χ0n) is 33.2. The van der Waals surface area contributed by atoms with Crippen LogP contribution >= 0.6 is 0 Å². The highest BCUT2D eigenvalue weighted by Gasteiger charge is 2.37. The number of nitrogens with zero attached hydrogens (tertiary/aromatic N) is 2. The monoisotopic (exact) mass is 746 g/mol. The summed E-state index contributed by atoms with van der Waals surface area (Å²) in [5.41, 5.74) is 19.1. The van der Waals surface area contributed by atoms with Crippen molar-refractivity contribution in [3.8, 4) is 56.2 Å². The van der Waals surface area contributed by atoms with Gasteiger partial charge in [-0.15, -0.1) is 0 Å². The van der Waals surface area contributed by atoms with Crippen LogP contribution in [-0.4, -0.2) is 9.97 Å². The van der Waals surface area contributed by atoms with Crippen molar-refractivity contribution in [2.24, 2.45) is 0 Å². The first-order chi connectivity index (χ1) is 28.5. The van der Waals surface area contributed by atoms with E-state index in [4.69, 9.17) is 9.97 Å². The van der Waals surface area contributed by atoms with Crippen LogP contribution in [0.5, 0.6) is 0 Å². The molecule has 0 fully saturated rings. The number of rotatable bonds is 7. The van der Waals surface area contributed by atoms with E-state index >= 15 is 0 Å². The van der Waals surface area contributed by atoms with Gasteiger partial charge < -0.3 is 0 Å². The van der Waals surface area contributed by atoms with E-state index in [1.807, 2.05) is 6.07 Å². The molecule has 0 spiro atoms. The van der Waals surface area contributed by atoms with E-state index in [0.29, 0.717) is 5.92 Å². The Balaban J connectivity index is 1.06.